The number of carboxylic acids is 3. The predicted octanol–water partition coefficient (Wildman–Crippen LogP) is 0.516. The Balaban J connectivity index is 3.29. The average Bonchev–Trinajstić information content (AvgIpc) is 2.37. The van der Waals surface area contributed by atoms with Gasteiger partial charge in [0, 0.05) is 5.56 Å². The van der Waals surface area contributed by atoms with E-state index in [9.17, 15) is 23.2 Å². The molecule has 0 amide bonds. The van der Waals surface area contributed by atoms with Gasteiger partial charge in [-0.15, -0.1) is 0 Å². The quantitative estimate of drug-likeness (QED) is 0.600. The zero-order valence-electron chi connectivity index (χ0n) is 10.4. The van der Waals surface area contributed by atoms with E-state index < -0.39 is 41.0 Å². The highest BCUT2D eigenvalue weighted by Crippen LogP contribution is 2.31. The molecule has 0 fully saturated rings. The van der Waals surface area contributed by atoms with Crippen molar-refractivity contribution in [1.29, 1.82) is 0 Å². The van der Waals surface area contributed by atoms with E-state index in [4.69, 9.17) is 21.1 Å². The third kappa shape index (κ3) is 3.51. The smallest absolute Gasteiger partial charge is 0.379 e. The van der Waals surface area contributed by atoms with Crippen molar-refractivity contribution in [2.75, 3.05) is 0 Å². The molecule has 0 saturated heterocycles. The molecule has 0 radical (unpaired) electrons. The van der Waals surface area contributed by atoms with Crippen LogP contribution < -0.4 is 5.73 Å². The van der Waals surface area contributed by atoms with E-state index in [0.717, 1.165) is 12.1 Å². The minimum absolute atomic E-state index is 0.0900. The van der Waals surface area contributed by atoms with Crippen LogP contribution in [0.3, 0.4) is 0 Å². The molecule has 0 spiro atoms. The minimum Gasteiger partial charge on any atom is -0.480 e. The summed E-state index contributed by atoms with van der Waals surface area (Å²) in [5.74, 6) is -9.95. The molecule has 0 bridgehead atoms. The summed E-state index contributed by atoms with van der Waals surface area (Å²) < 4.78 is 26.9. The van der Waals surface area contributed by atoms with Crippen LogP contribution in [0.5, 0.6) is 0 Å². The van der Waals surface area contributed by atoms with Gasteiger partial charge in [-0.2, -0.15) is 8.78 Å². The lowest BCUT2D eigenvalue weighted by Gasteiger charge is -2.15. The Labute approximate surface area is 116 Å². The number of hydrogen-bond acceptors (Lipinski definition) is 4. The van der Waals surface area contributed by atoms with Gasteiger partial charge in [0.15, 0.2) is 0 Å². The monoisotopic (exact) mass is 303 g/mol. The van der Waals surface area contributed by atoms with Crippen LogP contribution in [0.2, 0.25) is 0 Å². The van der Waals surface area contributed by atoms with Crippen molar-refractivity contribution in [1.82, 2.24) is 0 Å². The molecular weight excluding hydrogens is 292 g/mol. The highest BCUT2D eigenvalue weighted by molar-refractivity contribution is 5.92. The highest BCUT2D eigenvalue weighted by atomic mass is 19.3. The lowest BCUT2D eigenvalue weighted by atomic mass is 9.96. The maximum atomic E-state index is 13.4. The second-order valence-electron chi connectivity index (χ2n) is 4.21. The van der Waals surface area contributed by atoms with E-state index in [1.165, 1.54) is 0 Å². The molecule has 1 atom stereocenters. The van der Waals surface area contributed by atoms with Crippen LogP contribution in [0.4, 0.5) is 8.78 Å². The minimum atomic E-state index is -4.37. The standard InChI is InChI=1S/C12H11F2NO6/c13-12(14,11(20)21)7-2-1-5(3-6(7)9(16)17)4-8(15)10(18)19/h1-3,8H,4,15H2,(H,16,17)(H,18,19)(H,20,21)/t8-/m0/s1. The van der Waals surface area contributed by atoms with Crippen molar-refractivity contribution in [3.8, 4) is 0 Å². The molecule has 1 aromatic carbocycles. The first-order valence-corrected chi connectivity index (χ1v) is 5.53. The molecule has 0 aliphatic carbocycles. The third-order valence-electron chi connectivity index (χ3n) is 2.69. The Morgan fingerprint density at radius 3 is 2.19 bits per heavy atom. The summed E-state index contributed by atoms with van der Waals surface area (Å²) in [4.78, 5) is 32.1. The number of halogens is 2. The maximum absolute atomic E-state index is 13.4. The van der Waals surface area contributed by atoms with Gasteiger partial charge in [-0.05, 0) is 18.1 Å². The molecule has 0 heterocycles. The predicted molar refractivity (Wildman–Crippen MR) is 64.2 cm³/mol. The SMILES string of the molecule is N[C@@H](Cc1ccc(C(F)(F)C(=O)O)c(C(=O)O)c1)C(=O)O. The molecule has 7 nitrogen and oxygen atoms in total. The molecule has 21 heavy (non-hydrogen) atoms. The van der Waals surface area contributed by atoms with Gasteiger partial charge in [-0.3, -0.25) is 4.79 Å². The van der Waals surface area contributed by atoms with Gasteiger partial charge in [0.1, 0.15) is 6.04 Å². The van der Waals surface area contributed by atoms with Gasteiger partial charge in [0.05, 0.1) is 5.56 Å². The van der Waals surface area contributed by atoms with E-state index in [1.807, 2.05) is 0 Å². The first-order valence-electron chi connectivity index (χ1n) is 5.53. The number of alkyl halides is 2. The van der Waals surface area contributed by atoms with E-state index in [2.05, 4.69) is 0 Å². The largest absolute Gasteiger partial charge is 0.480 e. The molecule has 0 aliphatic heterocycles. The molecule has 9 heteroatoms. The molecule has 0 saturated carbocycles. The van der Waals surface area contributed by atoms with Crippen LogP contribution >= 0.6 is 0 Å². The number of carboxylic acid groups (broad SMARTS) is 3. The first kappa shape index (κ1) is 16.5. The number of hydrogen-bond donors (Lipinski definition) is 4. The average molecular weight is 303 g/mol. The van der Waals surface area contributed by atoms with Crippen molar-refractivity contribution < 1.29 is 38.5 Å². The van der Waals surface area contributed by atoms with Crippen molar-refractivity contribution >= 4 is 17.9 Å². The van der Waals surface area contributed by atoms with Gasteiger partial charge < -0.3 is 21.1 Å². The van der Waals surface area contributed by atoms with Crippen LogP contribution in [-0.2, 0) is 21.9 Å². The van der Waals surface area contributed by atoms with Crippen LogP contribution in [-0.4, -0.2) is 39.3 Å². The summed E-state index contributed by atoms with van der Waals surface area (Å²) in [7, 11) is 0. The zero-order chi connectivity index (χ0) is 16.4. The number of benzene rings is 1. The van der Waals surface area contributed by atoms with Gasteiger partial charge in [-0.25, -0.2) is 9.59 Å². The Kier molecular flexibility index (Phi) is 4.58. The summed E-state index contributed by atoms with van der Waals surface area (Å²) in [6.45, 7) is 0. The van der Waals surface area contributed by atoms with Crippen molar-refractivity contribution in [3.05, 3.63) is 34.9 Å². The van der Waals surface area contributed by atoms with Crippen LogP contribution in [0, 0.1) is 0 Å². The van der Waals surface area contributed by atoms with E-state index in [0.29, 0.717) is 6.07 Å². The summed E-state index contributed by atoms with van der Waals surface area (Å²) in [6, 6.07) is 1.11. The van der Waals surface area contributed by atoms with E-state index in [-0.39, 0.29) is 12.0 Å². The molecule has 0 aliphatic rings. The number of rotatable bonds is 6. The molecule has 0 aromatic heterocycles. The fraction of sp³-hybridized carbons (Fsp3) is 0.250. The fourth-order valence-electron chi connectivity index (χ4n) is 1.63. The van der Waals surface area contributed by atoms with Crippen molar-refractivity contribution in [2.24, 2.45) is 5.73 Å². The Hall–Kier alpha value is -2.55. The normalized spacial score (nSPS) is 12.7. The molecule has 0 unspecified atom stereocenters. The number of aromatic carboxylic acids is 1. The summed E-state index contributed by atoms with van der Waals surface area (Å²) >= 11 is 0. The van der Waals surface area contributed by atoms with E-state index in [1.54, 1.807) is 0 Å². The number of aliphatic carboxylic acids is 2. The maximum Gasteiger partial charge on any atom is 0.379 e. The molecule has 5 N–H and O–H groups in total. The number of nitrogens with two attached hydrogens (primary N) is 1. The lowest BCUT2D eigenvalue weighted by Crippen LogP contribution is -2.32. The fourth-order valence-corrected chi connectivity index (χ4v) is 1.63. The lowest BCUT2D eigenvalue weighted by molar-refractivity contribution is -0.166. The molecule has 1 rings (SSSR count). The Morgan fingerprint density at radius 2 is 1.76 bits per heavy atom. The van der Waals surface area contributed by atoms with E-state index >= 15 is 0 Å². The van der Waals surface area contributed by atoms with Gasteiger partial charge >= 0.3 is 23.8 Å². The van der Waals surface area contributed by atoms with Crippen molar-refractivity contribution in [3.63, 3.8) is 0 Å². The number of carbonyl (C=O) groups is 3. The summed E-state index contributed by atoms with van der Waals surface area (Å²) in [5.41, 5.74) is 3.24. The first-order chi connectivity index (χ1) is 9.57. The summed E-state index contributed by atoms with van der Waals surface area (Å²) in [6.07, 6.45) is -0.283. The van der Waals surface area contributed by atoms with Gasteiger partial charge in [0.2, 0.25) is 0 Å². The van der Waals surface area contributed by atoms with Gasteiger partial charge in [0.25, 0.3) is 0 Å². The van der Waals surface area contributed by atoms with Gasteiger partial charge in [-0.1, -0.05) is 12.1 Å². The summed E-state index contributed by atoms with van der Waals surface area (Å²) in [5, 5.41) is 26.0. The Morgan fingerprint density at radius 1 is 1.19 bits per heavy atom. The second kappa shape index (κ2) is 5.83. The topological polar surface area (TPSA) is 138 Å². The molecule has 114 valence electrons. The van der Waals surface area contributed by atoms with Crippen molar-refractivity contribution in [2.45, 2.75) is 18.4 Å². The third-order valence-corrected chi connectivity index (χ3v) is 2.69. The molecule has 1 aromatic rings. The molecular formula is C12H11F2NO6. The van der Waals surface area contributed by atoms with Crippen LogP contribution in [0.15, 0.2) is 18.2 Å². The highest BCUT2D eigenvalue weighted by Gasteiger charge is 2.44. The second-order valence-corrected chi connectivity index (χ2v) is 4.21. The van der Waals surface area contributed by atoms with Crippen LogP contribution in [0.1, 0.15) is 21.5 Å². The van der Waals surface area contributed by atoms with Crippen LogP contribution in [0.25, 0.3) is 0 Å². The zero-order valence-corrected chi connectivity index (χ0v) is 10.4. The Bertz CT molecular complexity index is 601.